The summed E-state index contributed by atoms with van der Waals surface area (Å²) in [5.74, 6) is 0.997. The fraction of sp³-hybridized carbons (Fsp3) is 0.636. The molecule has 0 bridgehead atoms. The van der Waals surface area contributed by atoms with E-state index in [1.807, 2.05) is 27.0 Å². The Hall–Kier alpha value is -1.34. The summed E-state index contributed by atoms with van der Waals surface area (Å²) in [6.45, 7) is 6.90. The number of nitrogens with zero attached hydrogens (tertiary/aromatic N) is 3. The summed E-state index contributed by atoms with van der Waals surface area (Å²) in [6.07, 6.45) is 4.54. The number of nitrogens with one attached hydrogen (secondary N) is 1. The van der Waals surface area contributed by atoms with Gasteiger partial charge in [-0.15, -0.1) is 0 Å². The summed E-state index contributed by atoms with van der Waals surface area (Å²) in [5, 5.41) is 12.2. The van der Waals surface area contributed by atoms with E-state index >= 15 is 0 Å². The lowest BCUT2D eigenvalue weighted by atomic mass is 10.2. The van der Waals surface area contributed by atoms with Crippen LogP contribution in [0.4, 0.5) is 0 Å². The minimum Gasteiger partial charge on any atom is -0.335 e. The van der Waals surface area contributed by atoms with Gasteiger partial charge < -0.3 is 4.57 Å². The van der Waals surface area contributed by atoms with Crippen molar-refractivity contribution in [3.8, 4) is 6.07 Å². The molecule has 0 saturated heterocycles. The van der Waals surface area contributed by atoms with E-state index < -0.39 is 0 Å². The lowest BCUT2D eigenvalue weighted by molar-refractivity contribution is 0.473. The Morgan fingerprint density at radius 2 is 2.33 bits per heavy atom. The monoisotopic (exact) mass is 206 g/mol. The molecule has 1 heterocycles. The SMILES string of the molecule is Cc1nccn1CCC(C#N)NC(C)C. The van der Waals surface area contributed by atoms with Gasteiger partial charge >= 0.3 is 0 Å². The molecule has 15 heavy (non-hydrogen) atoms. The smallest absolute Gasteiger partial charge is 0.105 e. The maximum Gasteiger partial charge on any atom is 0.105 e. The highest BCUT2D eigenvalue weighted by Crippen LogP contribution is 2.01. The molecular weight excluding hydrogens is 188 g/mol. The van der Waals surface area contributed by atoms with Crippen molar-refractivity contribution >= 4 is 0 Å². The molecule has 1 aromatic heterocycles. The van der Waals surface area contributed by atoms with Crippen molar-refractivity contribution in [2.24, 2.45) is 0 Å². The van der Waals surface area contributed by atoms with Crippen LogP contribution in [-0.2, 0) is 6.54 Å². The maximum atomic E-state index is 8.94. The van der Waals surface area contributed by atoms with Crippen LogP contribution in [0.5, 0.6) is 0 Å². The van der Waals surface area contributed by atoms with E-state index in [-0.39, 0.29) is 6.04 Å². The highest BCUT2D eigenvalue weighted by molar-refractivity contribution is 4.93. The number of nitriles is 1. The quantitative estimate of drug-likeness (QED) is 0.793. The number of aryl methyl sites for hydroxylation is 2. The number of rotatable bonds is 5. The van der Waals surface area contributed by atoms with Crippen molar-refractivity contribution in [3.05, 3.63) is 18.2 Å². The van der Waals surface area contributed by atoms with Gasteiger partial charge in [0.05, 0.1) is 12.1 Å². The summed E-state index contributed by atoms with van der Waals surface area (Å²) in [5.41, 5.74) is 0. The predicted molar refractivity (Wildman–Crippen MR) is 59.3 cm³/mol. The van der Waals surface area contributed by atoms with E-state index in [0.717, 1.165) is 18.8 Å². The Morgan fingerprint density at radius 1 is 1.60 bits per heavy atom. The van der Waals surface area contributed by atoms with Gasteiger partial charge in [-0.3, -0.25) is 5.32 Å². The largest absolute Gasteiger partial charge is 0.335 e. The normalized spacial score (nSPS) is 12.7. The molecule has 1 atom stereocenters. The Labute approximate surface area is 90.9 Å². The summed E-state index contributed by atoms with van der Waals surface area (Å²) < 4.78 is 2.06. The van der Waals surface area contributed by atoms with Crippen molar-refractivity contribution in [2.75, 3.05) is 0 Å². The fourth-order valence-corrected chi connectivity index (χ4v) is 1.50. The van der Waals surface area contributed by atoms with E-state index in [2.05, 4.69) is 20.9 Å². The number of imidazole rings is 1. The van der Waals surface area contributed by atoms with Crippen molar-refractivity contribution in [1.29, 1.82) is 5.26 Å². The molecule has 0 radical (unpaired) electrons. The molecule has 0 spiro atoms. The van der Waals surface area contributed by atoms with Crippen LogP contribution in [0.15, 0.2) is 12.4 Å². The lowest BCUT2D eigenvalue weighted by Gasteiger charge is -2.14. The average molecular weight is 206 g/mol. The molecule has 1 unspecified atom stereocenters. The molecule has 82 valence electrons. The highest BCUT2D eigenvalue weighted by Gasteiger charge is 2.08. The van der Waals surface area contributed by atoms with Crippen molar-refractivity contribution in [2.45, 2.75) is 45.8 Å². The van der Waals surface area contributed by atoms with Crippen LogP contribution < -0.4 is 5.32 Å². The molecule has 1 rings (SSSR count). The second-order valence-electron chi connectivity index (χ2n) is 3.96. The van der Waals surface area contributed by atoms with Gasteiger partial charge in [0.1, 0.15) is 5.82 Å². The summed E-state index contributed by atoms with van der Waals surface area (Å²) in [7, 11) is 0. The van der Waals surface area contributed by atoms with Crippen molar-refractivity contribution in [1.82, 2.24) is 14.9 Å². The second-order valence-corrected chi connectivity index (χ2v) is 3.96. The van der Waals surface area contributed by atoms with Gasteiger partial charge in [-0.05, 0) is 27.2 Å². The van der Waals surface area contributed by atoms with Gasteiger partial charge in [0, 0.05) is 25.0 Å². The minimum atomic E-state index is -0.0770. The fourth-order valence-electron chi connectivity index (χ4n) is 1.50. The summed E-state index contributed by atoms with van der Waals surface area (Å²) in [4.78, 5) is 4.14. The van der Waals surface area contributed by atoms with Crippen LogP contribution in [0.1, 0.15) is 26.1 Å². The topological polar surface area (TPSA) is 53.6 Å². The zero-order valence-electron chi connectivity index (χ0n) is 9.57. The Bertz CT molecular complexity index is 335. The molecule has 1 aromatic rings. The van der Waals surface area contributed by atoms with Crippen LogP contribution in [0.3, 0.4) is 0 Å². The molecule has 0 fully saturated rings. The standard InChI is InChI=1S/C11H18N4/c1-9(2)14-11(8-12)4-6-15-7-5-13-10(15)3/h5,7,9,11,14H,4,6H2,1-3H3. The third-order valence-electron chi connectivity index (χ3n) is 2.27. The first kappa shape index (κ1) is 11.7. The highest BCUT2D eigenvalue weighted by atomic mass is 15.1. The van der Waals surface area contributed by atoms with E-state index in [9.17, 15) is 0 Å². The van der Waals surface area contributed by atoms with Crippen LogP contribution in [0, 0.1) is 18.3 Å². The molecule has 0 aliphatic heterocycles. The summed E-state index contributed by atoms with van der Waals surface area (Å²) in [6, 6.07) is 2.54. The zero-order valence-corrected chi connectivity index (χ0v) is 9.57. The summed E-state index contributed by atoms with van der Waals surface area (Å²) >= 11 is 0. The van der Waals surface area contributed by atoms with E-state index in [1.165, 1.54) is 0 Å². The van der Waals surface area contributed by atoms with Gasteiger partial charge in [-0.1, -0.05) is 0 Å². The lowest BCUT2D eigenvalue weighted by Crippen LogP contribution is -2.34. The molecule has 4 heteroatoms. The molecule has 0 amide bonds. The average Bonchev–Trinajstić information content (AvgIpc) is 2.58. The van der Waals surface area contributed by atoms with Gasteiger partial charge in [0.2, 0.25) is 0 Å². The van der Waals surface area contributed by atoms with Crippen LogP contribution >= 0.6 is 0 Å². The molecule has 0 aliphatic carbocycles. The first-order valence-electron chi connectivity index (χ1n) is 5.27. The Balaban J connectivity index is 2.42. The number of hydrogen-bond acceptors (Lipinski definition) is 3. The Morgan fingerprint density at radius 3 is 2.80 bits per heavy atom. The zero-order chi connectivity index (χ0) is 11.3. The van der Waals surface area contributed by atoms with Crippen molar-refractivity contribution in [3.63, 3.8) is 0 Å². The molecule has 0 aromatic carbocycles. The Kier molecular flexibility index (Phi) is 4.32. The van der Waals surface area contributed by atoms with Crippen LogP contribution in [0.25, 0.3) is 0 Å². The van der Waals surface area contributed by atoms with E-state index in [0.29, 0.717) is 6.04 Å². The van der Waals surface area contributed by atoms with E-state index in [1.54, 1.807) is 6.20 Å². The second kappa shape index (κ2) is 5.52. The maximum absolute atomic E-state index is 8.94. The first-order valence-corrected chi connectivity index (χ1v) is 5.27. The van der Waals surface area contributed by atoms with Crippen LogP contribution in [-0.4, -0.2) is 21.6 Å². The number of aromatic nitrogens is 2. The minimum absolute atomic E-state index is 0.0770. The molecule has 4 nitrogen and oxygen atoms in total. The number of hydrogen-bond donors (Lipinski definition) is 1. The van der Waals surface area contributed by atoms with Gasteiger partial charge in [0.15, 0.2) is 0 Å². The van der Waals surface area contributed by atoms with E-state index in [4.69, 9.17) is 5.26 Å². The first-order chi connectivity index (χ1) is 7.13. The third-order valence-corrected chi connectivity index (χ3v) is 2.27. The molecule has 1 N–H and O–H groups in total. The molecule has 0 aliphatic rings. The van der Waals surface area contributed by atoms with Gasteiger partial charge in [-0.2, -0.15) is 5.26 Å². The van der Waals surface area contributed by atoms with Crippen LogP contribution in [0.2, 0.25) is 0 Å². The van der Waals surface area contributed by atoms with Gasteiger partial charge in [0.25, 0.3) is 0 Å². The van der Waals surface area contributed by atoms with Gasteiger partial charge in [-0.25, -0.2) is 4.98 Å². The predicted octanol–water partition coefficient (Wildman–Crippen LogP) is 1.47. The third kappa shape index (κ3) is 3.72. The van der Waals surface area contributed by atoms with Crippen molar-refractivity contribution < 1.29 is 0 Å². The molecule has 0 saturated carbocycles. The molecular formula is C11H18N4.